The van der Waals surface area contributed by atoms with Gasteiger partial charge in [-0.05, 0) is 61.4 Å². The van der Waals surface area contributed by atoms with E-state index in [0.29, 0.717) is 17.9 Å². The Morgan fingerprint density at radius 1 is 0.975 bits per heavy atom. The number of sulfonamides is 1. The third kappa shape index (κ3) is 7.45. The van der Waals surface area contributed by atoms with E-state index in [9.17, 15) is 18.0 Å². The van der Waals surface area contributed by atoms with Crippen LogP contribution in [0.4, 0.5) is 5.69 Å². The number of rotatable bonds is 13. The molecule has 0 aliphatic rings. The van der Waals surface area contributed by atoms with E-state index in [-0.39, 0.29) is 33.8 Å². The van der Waals surface area contributed by atoms with Crippen molar-refractivity contribution in [1.29, 1.82) is 0 Å². The molecule has 1 atom stereocenters. The van der Waals surface area contributed by atoms with Gasteiger partial charge in [0.1, 0.15) is 24.1 Å². The van der Waals surface area contributed by atoms with Gasteiger partial charge in [0.2, 0.25) is 11.8 Å². The Kier molecular flexibility index (Phi) is 10.8. The zero-order valence-electron chi connectivity index (χ0n) is 23.0. The second-order valence-corrected chi connectivity index (χ2v) is 11.3. The number of carbonyl (C=O) groups is 2. The minimum Gasteiger partial charge on any atom is -0.497 e. The molecule has 3 rings (SSSR count). The fourth-order valence-electron chi connectivity index (χ4n) is 4.04. The van der Waals surface area contributed by atoms with Gasteiger partial charge in [0.25, 0.3) is 10.0 Å². The zero-order valence-corrected chi connectivity index (χ0v) is 24.5. The van der Waals surface area contributed by atoms with Crippen molar-refractivity contribution in [2.75, 3.05) is 31.6 Å². The average Bonchev–Trinajstić information content (AvgIpc) is 2.97. The Balaban J connectivity index is 2.08. The van der Waals surface area contributed by atoms with Crippen LogP contribution < -0.4 is 19.1 Å². The molecule has 9 nitrogen and oxygen atoms in total. The van der Waals surface area contributed by atoms with E-state index in [1.807, 2.05) is 6.92 Å². The summed E-state index contributed by atoms with van der Waals surface area (Å²) in [5, 5.41) is 3.08. The van der Waals surface area contributed by atoms with Gasteiger partial charge in [-0.25, -0.2) is 8.42 Å². The molecule has 0 saturated heterocycles. The molecule has 0 radical (unpaired) electrons. The molecule has 0 bridgehead atoms. The third-order valence-corrected chi connectivity index (χ3v) is 8.23. The molecule has 0 spiro atoms. The quantitative estimate of drug-likeness (QED) is 0.316. The van der Waals surface area contributed by atoms with Crippen molar-refractivity contribution in [3.05, 3.63) is 83.4 Å². The van der Waals surface area contributed by atoms with Gasteiger partial charge >= 0.3 is 0 Å². The largest absolute Gasteiger partial charge is 0.497 e. The van der Waals surface area contributed by atoms with Gasteiger partial charge in [0, 0.05) is 18.1 Å². The fraction of sp³-hybridized carbons (Fsp3) is 0.310. The molecule has 1 unspecified atom stereocenters. The molecule has 0 aliphatic carbocycles. The van der Waals surface area contributed by atoms with Crippen molar-refractivity contribution in [2.45, 2.75) is 37.8 Å². The van der Waals surface area contributed by atoms with Crippen molar-refractivity contribution in [3.63, 3.8) is 0 Å². The van der Waals surface area contributed by atoms with Crippen molar-refractivity contribution >= 4 is 39.1 Å². The maximum atomic E-state index is 14.0. The number of halogens is 1. The summed E-state index contributed by atoms with van der Waals surface area (Å²) in [5.74, 6) is -0.144. The van der Waals surface area contributed by atoms with Crippen molar-refractivity contribution in [3.8, 4) is 11.5 Å². The molecule has 3 aromatic rings. The molecule has 214 valence electrons. The van der Waals surface area contributed by atoms with Crippen LogP contribution in [0.5, 0.6) is 11.5 Å². The van der Waals surface area contributed by atoms with Gasteiger partial charge in [0.05, 0.1) is 24.8 Å². The zero-order chi connectivity index (χ0) is 29.3. The van der Waals surface area contributed by atoms with Gasteiger partial charge in [-0.2, -0.15) is 0 Å². The van der Waals surface area contributed by atoms with Gasteiger partial charge in [-0.1, -0.05) is 48.9 Å². The summed E-state index contributed by atoms with van der Waals surface area (Å²) in [6, 6.07) is 18.5. The lowest BCUT2D eigenvalue weighted by atomic mass is 10.1. The SMILES string of the molecule is CCCNC(=O)C(C)N(Cc1cccc(OC)c1)C(=O)CN(c1cc(Cl)ccc1OC)S(=O)(=O)c1ccccc1. The normalized spacial score (nSPS) is 11.8. The van der Waals surface area contributed by atoms with E-state index in [1.54, 1.807) is 55.5 Å². The first-order valence-electron chi connectivity index (χ1n) is 12.7. The first kappa shape index (κ1) is 30.8. The van der Waals surface area contributed by atoms with Crippen LogP contribution in [-0.4, -0.2) is 58.5 Å². The second kappa shape index (κ2) is 14.0. The number of nitrogens with zero attached hydrogens (tertiary/aromatic N) is 2. The highest BCUT2D eigenvalue weighted by molar-refractivity contribution is 7.92. The number of carbonyl (C=O) groups excluding carboxylic acids is 2. The Labute approximate surface area is 240 Å². The van der Waals surface area contributed by atoms with Gasteiger partial charge in [-0.15, -0.1) is 0 Å². The molecular weight excluding hydrogens is 554 g/mol. The van der Waals surface area contributed by atoms with Gasteiger partial charge in [0.15, 0.2) is 0 Å². The predicted octanol–water partition coefficient (Wildman–Crippen LogP) is 4.50. The molecule has 40 heavy (non-hydrogen) atoms. The van der Waals surface area contributed by atoms with Gasteiger partial charge < -0.3 is 19.7 Å². The van der Waals surface area contributed by atoms with E-state index in [2.05, 4.69) is 5.32 Å². The summed E-state index contributed by atoms with van der Waals surface area (Å²) >= 11 is 6.25. The fourth-order valence-corrected chi connectivity index (χ4v) is 5.64. The summed E-state index contributed by atoms with van der Waals surface area (Å²) in [5.41, 5.74) is 0.803. The summed E-state index contributed by atoms with van der Waals surface area (Å²) < 4.78 is 39.6. The Morgan fingerprint density at radius 3 is 2.35 bits per heavy atom. The van der Waals surface area contributed by atoms with E-state index in [0.717, 1.165) is 10.7 Å². The van der Waals surface area contributed by atoms with Crippen LogP contribution in [-0.2, 0) is 26.2 Å². The molecule has 0 aliphatic heterocycles. The van der Waals surface area contributed by atoms with E-state index >= 15 is 0 Å². The maximum Gasteiger partial charge on any atom is 0.264 e. The summed E-state index contributed by atoms with van der Waals surface area (Å²) in [7, 11) is -1.31. The Hall–Kier alpha value is -3.76. The number of benzene rings is 3. The minimum absolute atomic E-state index is 0.0158. The predicted molar refractivity (Wildman–Crippen MR) is 155 cm³/mol. The number of hydrogen-bond acceptors (Lipinski definition) is 6. The lowest BCUT2D eigenvalue weighted by molar-refractivity contribution is -0.139. The van der Waals surface area contributed by atoms with Gasteiger partial charge in [-0.3, -0.25) is 13.9 Å². The smallest absolute Gasteiger partial charge is 0.264 e. The minimum atomic E-state index is -4.25. The number of nitrogens with one attached hydrogen (secondary N) is 1. The molecule has 11 heteroatoms. The molecule has 0 saturated carbocycles. The van der Waals surface area contributed by atoms with Crippen LogP contribution >= 0.6 is 11.6 Å². The first-order chi connectivity index (χ1) is 19.1. The highest BCUT2D eigenvalue weighted by atomic mass is 35.5. The Morgan fingerprint density at radius 2 is 1.70 bits per heavy atom. The topological polar surface area (TPSA) is 105 Å². The lowest BCUT2D eigenvalue weighted by Gasteiger charge is -2.32. The third-order valence-electron chi connectivity index (χ3n) is 6.22. The molecule has 0 fully saturated rings. The average molecular weight is 588 g/mol. The van der Waals surface area contributed by atoms with Crippen LogP contribution in [0.1, 0.15) is 25.8 Å². The van der Waals surface area contributed by atoms with Crippen LogP contribution in [0.2, 0.25) is 5.02 Å². The second-order valence-electron chi connectivity index (χ2n) is 8.98. The summed E-state index contributed by atoms with van der Waals surface area (Å²) in [4.78, 5) is 28.3. The maximum absolute atomic E-state index is 14.0. The number of ether oxygens (including phenoxy) is 2. The van der Waals surface area contributed by atoms with Crippen LogP contribution in [0, 0.1) is 0 Å². The van der Waals surface area contributed by atoms with Crippen LogP contribution in [0.25, 0.3) is 0 Å². The number of methoxy groups -OCH3 is 2. The number of hydrogen-bond donors (Lipinski definition) is 1. The summed E-state index contributed by atoms with van der Waals surface area (Å²) in [6.07, 6.45) is 0.722. The monoisotopic (exact) mass is 587 g/mol. The Bertz CT molecular complexity index is 1420. The molecule has 3 aromatic carbocycles. The molecule has 0 aromatic heterocycles. The standard InChI is InChI=1S/C29H34ClN3O6S/c1-5-16-31-29(35)21(2)32(19-22-10-9-11-24(17-22)38-3)28(34)20-33(26-18-23(30)14-15-27(26)39-4)40(36,37)25-12-7-6-8-13-25/h6-15,17-18,21H,5,16,19-20H2,1-4H3,(H,31,35). The van der Waals surface area contributed by atoms with Crippen molar-refractivity contribution < 1.29 is 27.5 Å². The highest BCUT2D eigenvalue weighted by Crippen LogP contribution is 2.35. The lowest BCUT2D eigenvalue weighted by Crippen LogP contribution is -2.51. The number of anilines is 1. The molecule has 0 heterocycles. The molecule has 1 N–H and O–H groups in total. The van der Waals surface area contributed by atoms with E-state index in [4.69, 9.17) is 21.1 Å². The highest BCUT2D eigenvalue weighted by Gasteiger charge is 2.34. The molecule has 2 amide bonds. The van der Waals surface area contributed by atoms with E-state index in [1.165, 1.54) is 43.4 Å². The van der Waals surface area contributed by atoms with E-state index < -0.39 is 28.5 Å². The first-order valence-corrected chi connectivity index (χ1v) is 14.6. The van der Waals surface area contributed by atoms with Crippen LogP contribution in [0.3, 0.4) is 0 Å². The van der Waals surface area contributed by atoms with Crippen molar-refractivity contribution in [1.82, 2.24) is 10.2 Å². The number of amides is 2. The molecular formula is C29H34ClN3O6S. The van der Waals surface area contributed by atoms with Crippen LogP contribution in [0.15, 0.2) is 77.7 Å². The summed E-state index contributed by atoms with van der Waals surface area (Å²) in [6.45, 7) is 3.42. The van der Waals surface area contributed by atoms with Crippen molar-refractivity contribution in [2.24, 2.45) is 0 Å².